The minimum absolute atomic E-state index is 0.00297. The van der Waals surface area contributed by atoms with E-state index >= 15 is 0 Å². The summed E-state index contributed by atoms with van der Waals surface area (Å²) in [6.45, 7) is 1.51. The molecule has 5 nitrogen and oxygen atoms in total. The number of nitrogens with zero attached hydrogens (tertiary/aromatic N) is 1. The van der Waals surface area contributed by atoms with Gasteiger partial charge in [0.1, 0.15) is 17.2 Å². The third-order valence-electron chi connectivity index (χ3n) is 4.13. The number of methoxy groups -OCH3 is 1. The van der Waals surface area contributed by atoms with E-state index in [-0.39, 0.29) is 23.8 Å². The maximum absolute atomic E-state index is 12.8. The van der Waals surface area contributed by atoms with Gasteiger partial charge in [-0.1, -0.05) is 42.5 Å². The fraction of sp³-hybridized carbons (Fsp3) is 0.190. The van der Waals surface area contributed by atoms with Gasteiger partial charge in [0, 0.05) is 17.9 Å². The third kappa shape index (κ3) is 3.88. The highest BCUT2D eigenvalue weighted by atomic mass is 16.5. The van der Waals surface area contributed by atoms with Crippen LogP contribution in [0, 0.1) is 0 Å². The number of amides is 1. The molecule has 0 aliphatic rings. The smallest absolute Gasteiger partial charge is 0.270 e. The Morgan fingerprint density at radius 1 is 1.08 bits per heavy atom. The van der Waals surface area contributed by atoms with Gasteiger partial charge in [0.05, 0.1) is 18.7 Å². The monoisotopic (exact) mass is 348 g/mol. The van der Waals surface area contributed by atoms with Crippen molar-refractivity contribution in [3.8, 4) is 5.75 Å². The fourth-order valence-electron chi connectivity index (χ4n) is 2.89. The van der Waals surface area contributed by atoms with Crippen LogP contribution in [0.4, 0.5) is 0 Å². The van der Waals surface area contributed by atoms with Crippen LogP contribution in [0.15, 0.2) is 60.7 Å². The second-order valence-corrected chi connectivity index (χ2v) is 6.07. The van der Waals surface area contributed by atoms with Gasteiger partial charge in [-0.3, -0.25) is 9.59 Å². The van der Waals surface area contributed by atoms with Gasteiger partial charge in [-0.05, 0) is 24.6 Å². The lowest BCUT2D eigenvalue weighted by molar-refractivity contribution is -0.117. The molecule has 1 heterocycles. The number of benzene rings is 2. The van der Waals surface area contributed by atoms with Crippen LogP contribution in [-0.4, -0.2) is 23.8 Å². The number of ether oxygens (including phenoxy) is 1. The summed E-state index contributed by atoms with van der Waals surface area (Å²) in [5, 5.41) is 3.76. The number of carbonyl (C=O) groups is 2. The number of Topliss-reactive ketones (excluding diaryl/α,β-unsaturated/α-hetero) is 1. The summed E-state index contributed by atoms with van der Waals surface area (Å²) in [7, 11) is 1.56. The predicted octanol–water partition coefficient (Wildman–Crippen LogP) is 3.69. The minimum Gasteiger partial charge on any atom is -0.496 e. The first kappa shape index (κ1) is 17.6. The maximum Gasteiger partial charge on any atom is 0.270 e. The van der Waals surface area contributed by atoms with Crippen LogP contribution >= 0.6 is 0 Å². The SMILES string of the molecule is COc1cc(C(=O)N[C@@H](CC(C)=O)c2ccccc2)nc2ccccc12. The largest absolute Gasteiger partial charge is 0.496 e. The first-order chi connectivity index (χ1) is 12.6. The van der Waals surface area contributed by atoms with Crippen LogP contribution in [0.25, 0.3) is 10.9 Å². The molecule has 1 amide bonds. The summed E-state index contributed by atoms with van der Waals surface area (Å²) in [5.74, 6) is 0.246. The Labute approximate surface area is 152 Å². The van der Waals surface area contributed by atoms with Crippen molar-refractivity contribution < 1.29 is 14.3 Å². The average molecular weight is 348 g/mol. The number of aromatic nitrogens is 1. The maximum atomic E-state index is 12.8. The van der Waals surface area contributed by atoms with E-state index in [9.17, 15) is 9.59 Å². The normalized spacial score (nSPS) is 11.8. The van der Waals surface area contributed by atoms with Gasteiger partial charge >= 0.3 is 0 Å². The van der Waals surface area contributed by atoms with Gasteiger partial charge in [-0.2, -0.15) is 0 Å². The van der Waals surface area contributed by atoms with Crippen molar-refractivity contribution in [3.05, 3.63) is 71.9 Å². The zero-order valence-electron chi connectivity index (χ0n) is 14.7. The summed E-state index contributed by atoms with van der Waals surface area (Å²) >= 11 is 0. The molecule has 1 aromatic heterocycles. The molecule has 1 N–H and O–H groups in total. The zero-order chi connectivity index (χ0) is 18.5. The molecule has 2 aromatic carbocycles. The van der Waals surface area contributed by atoms with Gasteiger partial charge in [0.25, 0.3) is 5.91 Å². The van der Waals surface area contributed by atoms with E-state index in [4.69, 9.17) is 4.74 Å². The number of ketones is 1. The minimum atomic E-state index is -0.402. The summed E-state index contributed by atoms with van der Waals surface area (Å²) < 4.78 is 5.40. The standard InChI is InChI=1S/C21H20N2O3/c1-14(24)12-18(15-8-4-3-5-9-15)23-21(25)19-13-20(26-2)16-10-6-7-11-17(16)22-19/h3-11,13,18H,12H2,1-2H3,(H,23,25)/t18-/m0/s1. The zero-order valence-corrected chi connectivity index (χ0v) is 14.7. The average Bonchev–Trinajstić information content (AvgIpc) is 2.66. The van der Waals surface area contributed by atoms with Gasteiger partial charge in [-0.25, -0.2) is 4.98 Å². The molecule has 0 saturated carbocycles. The van der Waals surface area contributed by atoms with Crippen LogP contribution < -0.4 is 10.1 Å². The summed E-state index contributed by atoms with van der Waals surface area (Å²) in [6.07, 6.45) is 0.223. The van der Waals surface area contributed by atoms with Crippen molar-refractivity contribution in [2.24, 2.45) is 0 Å². The van der Waals surface area contributed by atoms with Crippen LogP contribution in [0.3, 0.4) is 0 Å². The van der Waals surface area contributed by atoms with E-state index < -0.39 is 6.04 Å². The van der Waals surface area contributed by atoms with Crippen LogP contribution in [0.1, 0.15) is 35.4 Å². The second kappa shape index (κ2) is 7.78. The molecule has 0 radical (unpaired) electrons. The Hall–Kier alpha value is -3.21. The lowest BCUT2D eigenvalue weighted by Crippen LogP contribution is -2.30. The number of rotatable bonds is 6. The lowest BCUT2D eigenvalue weighted by Gasteiger charge is -2.18. The highest BCUT2D eigenvalue weighted by molar-refractivity contribution is 5.97. The molecule has 3 aromatic rings. The number of nitrogens with one attached hydrogen (secondary N) is 1. The van der Waals surface area contributed by atoms with E-state index in [0.717, 1.165) is 10.9 Å². The lowest BCUT2D eigenvalue weighted by atomic mass is 10.0. The Bertz CT molecular complexity index is 938. The van der Waals surface area contributed by atoms with Crippen molar-refractivity contribution in [2.75, 3.05) is 7.11 Å². The second-order valence-electron chi connectivity index (χ2n) is 6.07. The molecular weight excluding hydrogens is 328 g/mol. The van der Waals surface area contributed by atoms with E-state index in [1.807, 2.05) is 54.6 Å². The van der Waals surface area contributed by atoms with Crippen LogP contribution in [0.2, 0.25) is 0 Å². The number of fused-ring (bicyclic) bond motifs is 1. The summed E-state index contributed by atoms with van der Waals surface area (Å²) in [4.78, 5) is 28.8. The molecule has 0 unspecified atom stereocenters. The van der Waals surface area contributed by atoms with Crippen LogP contribution in [0.5, 0.6) is 5.75 Å². The molecule has 5 heteroatoms. The number of carbonyl (C=O) groups excluding carboxylic acids is 2. The van der Waals surface area contributed by atoms with Crippen molar-refractivity contribution in [3.63, 3.8) is 0 Å². The van der Waals surface area contributed by atoms with Crippen LogP contribution in [-0.2, 0) is 4.79 Å². The van der Waals surface area contributed by atoms with E-state index in [2.05, 4.69) is 10.3 Å². The molecule has 0 bridgehead atoms. The van der Waals surface area contributed by atoms with Gasteiger partial charge < -0.3 is 10.1 Å². The van der Waals surface area contributed by atoms with Crippen molar-refractivity contribution in [1.82, 2.24) is 10.3 Å². The predicted molar refractivity (Wildman–Crippen MR) is 100 cm³/mol. The quantitative estimate of drug-likeness (QED) is 0.738. The molecule has 3 rings (SSSR count). The molecule has 1 atom stereocenters. The number of pyridine rings is 1. The topological polar surface area (TPSA) is 68.3 Å². The van der Waals surface area contributed by atoms with Gasteiger partial charge in [0.15, 0.2) is 0 Å². The molecule has 0 fully saturated rings. The molecule has 0 saturated heterocycles. The first-order valence-electron chi connectivity index (χ1n) is 8.37. The molecule has 26 heavy (non-hydrogen) atoms. The molecule has 0 spiro atoms. The third-order valence-corrected chi connectivity index (χ3v) is 4.13. The van der Waals surface area contributed by atoms with E-state index in [1.165, 1.54) is 6.92 Å². The van der Waals surface area contributed by atoms with E-state index in [1.54, 1.807) is 13.2 Å². The Balaban J connectivity index is 1.92. The molecule has 0 aliphatic heterocycles. The van der Waals surface area contributed by atoms with Gasteiger partial charge in [-0.15, -0.1) is 0 Å². The summed E-state index contributed by atoms with van der Waals surface area (Å²) in [5.41, 5.74) is 1.81. The first-order valence-corrected chi connectivity index (χ1v) is 8.37. The Morgan fingerprint density at radius 2 is 1.77 bits per heavy atom. The van der Waals surface area contributed by atoms with Gasteiger partial charge in [0.2, 0.25) is 0 Å². The van der Waals surface area contributed by atoms with Crippen molar-refractivity contribution in [1.29, 1.82) is 0 Å². The molecule has 132 valence electrons. The highest BCUT2D eigenvalue weighted by Gasteiger charge is 2.19. The Kier molecular flexibility index (Phi) is 5.27. The van der Waals surface area contributed by atoms with Crippen molar-refractivity contribution >= 4 is 22.6 Å². The number of hydrogen-bond acceptors (Lipinski definition) is 4. The summed E-state index contributed by atoms with van der Waals surface area (Å²) in [6, 6.07) is 18.1. The number of para-hydroxylation sites is 1. The molecule has 0 aliphatic carbocycles. The van der Waals surface area contributed by atoms with E-state index in [0.29, 0.717) is 11.3 Å². The van der Waals surface area contributed by atoms with Crippen molar-refractivity contribution in [2.45, 2.75) is 19.4 Å². The Morgan fingerprint density at radius 3 is 2.46 bits per heavy atom. The molecular formula is C21H20N2O3. The highest BCUT2D eigenvalue weighted by Crippen LogP contribution is 2.25. The fourth-order valence-corrected chi connectivity index (χ4v) is 2.89. The number of hydrogen-bond donors (Lipinski definition) is 1.